The van der Waals surface area contributed by atoms with E-state index in [-0.39, 0.29) is 5.41 Å². The van der Waals surface area contributed by atoms with Crippen molar-refractivity contribution in [2.45, 2.75) is 39.0 Å². The van der Waals surface area contributed by atoms with Gasteiger partial charge in [0.15, 0.2) is 0 Å². The molecule has 0 spiro atoms. The summed E-state index contributed by atoms with van der Waals surface area (Å²) in [6.07, 6.45) is 2.22. The molecule has 1 aromatic carbocycles. The zero-order valence-electron chi connectivity index (χ0n) is 9.72. The summed E-state index contributed by atoms with van der Waals surface area (Å²) in [7, 11) is 0. The number of phenols is 1. The molecule has 1 saturated carbocycles. The van der Waals surface area contributed by atoms with Crippen molar-refractivity contribution in [1.82, 2.24) is 0 Å². The van der Waals surface area contributed by atoms with Gasteiger partial charge >= 0.3 is 0 Å². The first-order valence-electron chi connectivity index (χ1n) is 5.52. The molecule has 3 N–H and O–H groups in total. The van der Waals surface area contributed by atoms with Crippen molar-refractivity contribution in [3.05, 3.63) is 28.3 Å². The van der Waals surface area contributed by atoms with Gasteiger partial charge in [-0.3, -0.25) is 0 Å². The molecule has 1 aliphatic rings. The third-order valence-electron chi connectivity index (χ3n) is 3.79. The van der Waals surface area contributed by atoms with Gasteiger partial charge in [-0.1, -0.05) is 6.07 Å². The van der Waals surface area contributed by atoms with Crippen LogP contribution in [-0.4, -0.2) is 11.7 Å². The molecule has 1 fully saturated rings. The highest BCUT2D eigenvalue weighted by molar-refractivity contribution is 5.54. The number of hydrogen-bond acceptors (Lipinski definition) is 2. The van der Waals surface area contributed by atoms with Crippen LogP contribution in [0.5, 0.6) is 5.75 Å². The molecule has 0 atom stereocenters. The van der Waals surface area contributed by atoms with E-state index in [4.69, 9.17) is 5.73 Å². The molecule has 0 unspecified atom stereocenters. The van der Waals surface area contributed by atoms with Crippen molar-refractivity contribution in [3.63, 3.8) is 0 Å². The van der Waals surface area contributed by atoms with Crippen LogP contribution in [-0.2, 0) is 5.41 Å². The van der Waals surface area contributed by atoms with Crippen LogP contribution in [0.4, 0.5) is 0 Å². The normalized spacial score (nSPS) is 17.9. The first-order chi connectivity index (χ1) is 7.02. The Hall–Kier alpha value is -1.02. The highest BCUT2D eigenvalue weighted by Gasteiger charge is 2.45. The van der Waals surface area contributed by atoms with Gasteiger partial charge in [-0.05, 0) is 50.3 Å². The molecule has 0 heterocycles. The van der Waals surface area contributed by atoms with Crippen LogP contribution in [0.1, 0.15) is 35.1 Å². The van der Waals surface area contributed by atoms with E-state index >= 15 is 0 Å². The average molecular weight is 205 g/mol. The second-order valence-corrected chi connectivity index (χ2v) is 4.84. The quantitative estimate of drug-likeness (QED) is 0.778. The predicted octanol–water partition coefficient (Wildman–Crippen LogP) is 2.31. The van der Waals surface area contributed by atoms with E-state index in [0.717, 1.165) is 29.5 Å². The number of benzene rings is 1. The number of hydrogen-bond donors (Lipinski definition) is 2. The number of phenolic OH excluding ortho intramolecular Hbond substituents is 1. The number of aromatic hydroxyl groups is 1. The number of nitrogens with two attached hydrogens (primary N) is 1. The van der Waals surface area contributed by atoms with Crippen LogP contribution in [0.3, 0.4) is 0 Å². The van der Waals surface area contributed by atoms with Crippen molar-refractivity contribution in [2.75, 3.05) is 6.54 Å². The summed E-state index contributed by atoms with van der Waals surface area (Å²) in [5.74, 6) is 0.468. The smallest absolute Gasteiger partial charge is 0.122 e. The van der Waals surface area contributed by atoms with Crippen LogP contribution in [0.15, 0.2) is 6.07 Å². The fourth-order valence-corrected chi connectivity index (χ4v) is 2.44. The van der Waals surface area contributed by atoms with Crippen LogP contribution >= 0.6 is 0 Å². The van der Waals surface area contributed by atoms with Crippen molar-refractivity contribution in [3.8, 4) is 5.75 Å². The SMILES string of the molecule is Cc1cc(C)c(C2(CN)CC2)c(O)c1C. The van der Waals surface area contributed by atoms with Gasteiger partial charge in [0, 0.05) is 17.5 Å². The van der Waals surface area contributed by atoms with Crippen LogP contribution in [0.25, 0.3) is 0 Å². The molecule has 0 bridgehead atoms. The van der Waals surface area contributed by atoms with E-state index in [1.54, 1.807) is 0 Å². The highest BCUT2D eigenvalue weighted by Crippen LogP contribution is 2.52. The topological polar surface area (TPSA) is 46.2 Å². The van der Waals surface area contributed by atoms with Gasteiger partial charge in [0.25, 0.3) is 0 Å². The fourth-order valence-electron chi connectivity index (χ4n) is 2.44. The fraction of sp³-hybridized carbons (Fsp3) is 0.538. The van der Waals surface area contributed by atoms with Crippen molar-refractivity contribution >= 4 is 0 Å². The molecule has 1 aromatic rings. The van der Waals surface area contributed by atoms with E-state index in [9.17, 15) is 5.11 Å². The van der Waals surface area contributed by atoms with Gasteiger partial charge in [0.2, 0.25) is 0 Å². The molecule has 0 aromatic heterocycles. The molecule has 2 rings (SSSR count). The van der Waals surface area contributed by atoms with E-state index in [2.05, 4.69) is 13.0 Å². The molecule has 2 heteroatoms. The zero-order chi connectivity index (χ0) is 11.2. The summed E-state index contributed by atoms with van der Waals surface area (Å²) < 4.78 is 0. The molecule has 15 heavy (non-hydrogen) atoms. The monoisotopic (exact) mass is 205 g/mol. The molecule has 0 radical (unpaired) electrons. The Labute approximate surface area is 91.1 Å². The molecule has 1 aliphatic carbocycles. The molecular formula is C13H19NO. The van der Waals surface area contributed by atoms with Crippen LogP contribution in [0, 0.1) is 20.8 Å². The lowest BCUT2D eigenvalue weighted by atomic mass is 9.87. The highest BCUT2D eigenvalue weighted by atomic mass is 16.3. The van der Waals surface area contributed by atoms with E-state index in [1.807, 2.05) is 13.8 Å². The van der Waals surface area contributed by atoms with E-state index < -0.39 is 0 Å². The molecule has 82 valence electrons. The average Bonchev–Trinajstić information content (AvgIpc) is 2.96. The Balaban J connectivity index is 2.62. The van der Waals surface area contributed by atoms with Gasteiger partial charge in [-0.2, -0.15) is 0 Å². The first kappa shape index (κ1) is 10.5. The van der Waals surface area contributed by atoms with E-state index in [1.165, 1.54) is 5.56 Å². The Kier molecular flexibility index (Phi) is 2.27. The van der Waals surface area contributed by atoms with Gasteiger partial charge in [-0.25, -0.2) is 0 Å². The minimum absolute atomic E-state index is 0.0760. The van der Waals surface area contributed by atoms with Gasteiger partial charge in [-0.15, -0.1) is 0 Å². The minimum Gasteiger partial charge on any atom is -0.507 e. The Morgan fingerprint density at radius 1 is 1.27 bits per heavy atom. The Morgan fingerprint density at radius 3 is 2.33 bits per heavy atom. The van der Waals surface area contributed by atoms with Gasteiger partial charge in [0.05, 0.1) is 0 Å². The number of aryl methyl sites for hydroxylation is 2. The zero-order valence-corrected chi connectivity index (χ0v) is 9.72. The standard InChI is InChI=1S/C13H19NO/c1-8-6-9(2)11(12(15)10(8)3)13(7-14)4-5-13/h6,15H,4-5,7,14H2,1-3H3. The third kappa shape index (κ3) is 1.44. The molecular weight excluding hydrogens is 186 g/mol. The summed E-state index contributed by atoms with van der Waals surface area (Å²) in [4.78, 5) is 0. The summed E-state index contributed by atoms with van der Waals surface area (Å²) in [6, 6.07) is 2.15. The molecule has 2 nitrogen and oxygen atoms in total. The Morgan fingerprint density at radius 2 is 1.87 bits per heavy atom. The lowest BCUT2D eigenvalue weighted by molar-refractivity contribution is 0.453. The maximum Gasteiger partial charge on any atom is 0.122 e. The van der Waals surface area contributed by atoms with Gasteiger partial charge < -0.3 is 10.8 Å². The van der Waals surface area contributed by atoms with Crippen molar-refractivity contribution in [1.29, 1.82) is 0 Å². The molecule has 0 aliphatic heterocycles. The molecule has 0 amide bonds. The predicted molar refractivity (Wildman–Crippen MR) is 62.3 cm³/mol. The lowest BCUT2D eigenvalue weighted by Crippen LogP contribution is -2.21. The van der Waals surface area contributed by atoms with Gasteiger partial charge in [0.1, 0.15) is 5.75 Å². The minimum atomic E-state index is 0.0760. The summed E-state index contributed by atoms with van der Waals surface area (Å²) in [5, 5.41) is 10.2. The maximum absolute atomic E-state index is 10.2. The van der Waals surface area contributed by atoms with Crippen LogP contribution < -0.4 is 5.73 Å². The van der Waals surface area contributed by atoms with Crippen molar-refractivity contribution < 1.29 is 5.11 Å². The maximum atomic E-state index is 10.2. The second kappa shape index (κ2) is 3.24. The summed E-state index contributed by atoms with van der Waals surface area (Å²) in [5.41, 5.74) is 10.3. The summed E-state index contributed by atoms with van der Waals surface area (Å²) >= 11 is 0. The van der Waals surface area contributed by atoms with Crippen LogP contribution in [0.2, 0.25) is 0 Å². The lowest BCUT2D eigenvalue weighted by Gasteiger charge is -2.20. The second-order valence-electron chi connectivity index (χ2n) is 4.84. The number of rotatable bonds is 2. The molecule has 0 saturated heterocycles. The van der Waals surface area contributed by atoms with Crippen molar-refractivity contribution in [2.24, 2.45) is 5.73 Å². The largest absolute Gasteiger partial charge is 0.507 e. The Bertz CT molecular complexity index is 405. The third-order valence-corrected chi connectivity index (χ3v) is 3.79. The summed E-state index contributed by atoms with van der Waals surface area (Å²) in [6.45, 7) is 6.72. The van der Waals surface area contributed by atoms with E-state index in [0.29, 0.717) is 12.3 Å². The first-order valence-corrected chi connectivity index (χ1v) is 5.52.